The summed E-state index contributed by atoms with van der Waals surface area (Å²) in [5, 5.41) is 43.9. The van der Waals surface area contributed by atoms with E-state index in [0.29, 0.717) is 13.1 Å². The van der Waals surface area contributed by atoms with Crippen molar-refractivity contribution < 1.29 is 58.9 Å². The fourth-order valence-electron chi connectivity index (χ4n) is 5.22. The lowest BCUT2D eigenvalue weighted by molar-refractivity contribution is -0.170. The van der Waals surface area contributed by atoms with Crippen LogP contribution in [0.3, 0.4) is 0 Å². The fourth-order valence-corrected chi connectivity index (χ4v) is 5.22. The van der Waals surface area contributed by atoms with Crippen LogP contribution in [0.2, 0.25) is 0 Å². The molecule has 0 saturated carbocycles. The first-order valence-electron chi connectivity index (χ1n) is 14.0. The highest BCUT2D eigenvalue weighted by Crippen LogP contribution is 2.36. The first kappa shape index (κ1) is 33.1. The van der Waals surface area contributed by atoms with Crippen molar-refractivity contribution in [3.8, 4) is 28.7 Å². The molecule has 0 aliphatic carbocycles. The molecular weight excluding hydrogens is 592 g/mol. The van der Waals surface area contributed by atoms with Gasteiger partial charge in [0.2, 0.25) is 13.6 Å². The Morgan fingerprint density at radius 1 is 0.844 bits per heavy atom. The molecule has 14 heteroatoms. The molecule has 0 bridgehead atoms. The normalized spacial score (nSPS) is 13.7. The van der Waals surface area contributed by atoms with Gasteiger partial charge in [-0.1, -0.05) is 6.07 Å². The molecule has 3 heterocycles. The third kappa shape index (κ3) is 8.23. The lowest BCUT2D eigenvalue weighted by Crippen LogP contribution is -2.42. The Balaban J connectivity index is 0.000000302. The maximum absolute atomic E-state index is 10.3. The van der Waals surface area contributed by atoms with Gasteiger partial charge < -0.3 is 49.0 Å². The highest BCUT2D eigenvalue weighted by molar-refractivity contribution is 5.88. The molecular formula is C31H36N2O12. The van der Waals surface area contributed by atoms with Crippen LogP contribution in [0.25, 0.3) is 5.69 Å². The van der Waals surface area contributed by atoms with Crippen LogP contribution in [0.5, 0.6) is 23.0 Å². The minimum absolute atomic E-state index is 0.266. The van der Waals surface area contributed by atoms with E-state index in [1.807, 2.05) is 31.2 Å². The number of rotatable bonds is 12. The number of aliphatic carboxylic acids is 3. The number of carbonyl (C=O) groups is 3. The summed E-state index contributed by atoms with van der Waals surface area (Å²) in [6, 6.07) is 14.3. The van der Waals surface area contributed by atoms with Crippen molar-refractivity contribution in [1.29, 1.82) is 0 Å². The van der Waals surface area contributed by atoms with Crippen LogP contribution in [-0.2, 0) is 27.5 Å². The maximum Gasteiger partial charge on any atom is 0.336 e. The van der Waals surface area contributed by atoms with Crippen molar-refractivity contribution in [2.45, 2.75) is 58.4 Å². The zero-order chi connectivity index (χ0) is 32.9. The number of hydrogen-bond donors (Lipinski definition) is 5. The summed E-state index contributed by atoms with van der Waals surface area (Å²) in [5.74, 6) is -1.91. The van der Waals surface area contributed by atoms with Gasteiger partial charge >= 0.3 is 17.9 Å². The van der Waals surface area contributed by atoms with E-state index in [9.17, 15) is 19.5 Å². The van der Waals surface area contributed by atoms with Gasteiger partial charge in [-0.15, -0.1) is 0 Å². The Bertz CT molecular complexity index is 1550. The monoisotopic (exact) mass is 628 g/mol. The second-order valence-electron chi connectivity index (χ2n) is 11.0. The second kappa shape index (κ2) is 13.9. The van der Waals surface area contributed by atoms with Gasteiger partial charge in [0.05, 0.1) is 18.9 Å². The van der Waals surface area contributed by atoms with E-state index < -0.39 is 42.5 Å². The first-order chi connectivity index (χ1) is 21.3. The van der Waals surface area contributed by atoms with Gasteiger partial charge in [-0.3, -0.25) is 14.5 Å². The van der Waals surface area contributed by atoms with Gasteiger partial charge in [0.1, 0.15) is 0 Å². The van der Waals surface area contributed by atoms with E-state index in [0.717, 1.165) is 46.5 Å². The van der Waals surface area contributed by atoms with E-state index >= 15 is 0 Å². The number of benzene rings is 2. The largest absolute Gasteiger partial charge is 0.481 e. The summed E-state index contributed by atoms with van der Waals surface area (Å²) < 4.78 is 24.2. The van der Waals surface area contributed by atoms with E-state index in [1.54, 1.807) is 0 Å². The van der Waals surface area contributed by atoms with Crippen molar-refractivity contribution in [3.63, 3.8) is 0 Å². The topological polar surface area (TPSA) is 197 Å². The number of aliphatic hydroxyl groups is 2. The van der Waals surface area contributed by atoms with Crippen molar-refractivity contribution in [2.24, 2.45) is 0 Å². The third-order valence-electron chi connectivity index (χ3n) is 7.20. The first-order valence-corrected chi connectivity index (χ1v) is 14.0. The Morgan fingerprint density at radius 2 is 1.40 bits per heavy atom. The van der Waals surface area contributed by atoms with Crippen LogP contribution in [0.15, 0.2) is 42.5 Å². The molecule has 5 rings (SSSR count). The summed E-state index contributed by atoms with van der Waals surface area (Å²) in [6.45, 7) is 8.60. The van der Waals surface area contributed by atoms with Crippen molar-refractivity contribution in [3.05, 3.63) is 65.0 Å². The summed E-state index contributed by atoms with van der Waals surface area (Å²) >= 11 is 0. The number of aliphatic hydroxyl groups excluding tert-OH is 1. The highest BCUT2D eigenvalue weighted by Gasteiger charge is 2.40. The number of fused-ring (bicyclic) bond motifs is 2. The van der Waals surface area contributed by atoms with Crippen molar-refractivity contribution >= 4 is 17.9 Å². The molecule has 0 amide bonds. The molecule has 1 unspecified atom stereocenters. The van der Waals surface area contributed by atoms with Gasteiger partial charge in [-0.2, -0.15) is 0 Å². The molecule has 3 aromatic rings. The van der Waals surface area contributed by atoms with Gasteiger partial charge in [0.15, 0.2) is 28.6 Å². The average molecular weight is 629 g/mol. The molecule has 14 nitrogen and oxygen atoms in total. The van der Waals surface area contributed by atoms with Crippen LogP contribution in [0, 0.1) is 13.8 Å². The smallest absolute Gasteiger partial charge is 0.336 e. The van der Waals surface area contributed by atoms with E-state index in [-0.39, 0.29) is 13.6 Å². The van der Waals surface area contributed by atoms with Gasteiger partial charge in [0, 0.05) is 42.8 Å². The summed E-state index contributed by atoms with van der Waals surface area (Å²) in [7, 11) is 0. The molecule has 242 valence electrons. The van der Waals surface area contributed by atoms with E-state index in [2.05, 4.69) is 41.5 Å². The van der Waals surface area contributed by atoms with Gasteiger partial charge in [-0.25, -0.2) is 4.79 Å². The number of aromatic nitrogens is 1. The SMILES string of the molecule is Cc1cc(CN(Cc2ccc3c(c2)OCO3)CC(C)O)c(C)n1-c1ccc2c(c1)OCO2.O=C(O)CC(O)(CC(=O)O)C(=O)O. The number of aryl methyl sites for hydroxylation is 1. The number of carboxylic acids is 3. The van der Waals surface area contributed by atoms with Crippen LogP contribution in [0.1, 0.15) is 42.3 Å². The highest BCUT2D eigenvalue weighted by atomic mass is 16.7. The zero-order valence-corrected chi connectivity index (χ0v) is 25.1. The van der Waals surface area contributed by atoms with Crippen molar-refractivity contribution in [2.75, 3.05) is 20.1 Å². The molecule has 0 saturated heterocycles. The summed E-state index contributed by atoms with van der Waals surface area (Å²) in [4.78, 5) is 32.7. The van der Waals surface area contributed by atoms with Gasteiger partial charge in [0.25, 0.3) is 0 Å². The standard InChI is InChI=1S/C25H28N2O5.C6H8O7/c1-16-8-20(18(3)27(16)21-5-7-23-25(10-21)32-15-30-23)13-26(11-17(2)28)12-19-4-6-22-24(9-19)31-14-29-22;7-3(8)1-6(13,5(11)12)2-4(9)10/h4-10,17,28H,11-15H2,1-3H3;13H,1-2H2,(H,7,8)(H,9,10)(H,11,12). The minimum atomic E-state index is -2.74. The lowest BCUT2D eigenvalue weighted by atomic mass is 9.96. The quantitative estimate of drug-likeness (QED) is 0.196. The van der Waals surface area contributed by atoms with Gasteiger partial charge in [-0.05, 0) is 62.2 Å². The Hall–Kier alpha value is -4.79. The lowest BCUT2D eigenvalue weighted by Gasteiger charge is -2.24. The molecule has 45 heavy (non-hydrogen) atoms. The number of hydrogen-bond acceptors (Lipinski definition) is 10. The molecule has 5 N–H and O–H groups in total. The molecule has 2 aromatic carbocycles. The molecule has 1 aromatic heterocycles. The second-order valence-corrected chi connectivity index (χ2v) is 11.0. The summed E-state index contributed by atoms with van der Waals surface area (Å²) in [5.41, 5.74) is 2.98. The number of nitrogens with zero attached hydrogens (tertiary/aromatic N) is 2. The molecule has 2 aliphatic rings. The van der Waals surface area contributed by atoms with E-state index in [1.165, 1.54) is 11.3 Å². The molecule has 2 aliphatic heterocycles. The zero-order valence-electron chi connectivity index (χ0n) is 25.1. The van der Waals surface area contributed by atoms with Crippen LogP contribution >= 0.6 is 0 Å². The molecule has 0 fully saturated rings. The van der Waals surface area contributed by atoms with Crippen LogP contribution in [-0.4, -0.2) is 84.7 Å². The average Bonchev–Trinajstić information content (AvgIpc) is 3.66. The summed E-state index contributed by atoms with van der Waals surface area (Å²) in [6.07, 6.45) is -2.72. The maximum atomic E-state index is 10.3. The Kier molecular flexibility index (Phi) is 10.2. The van der Waals surface area contributed by atoms with Crippen LogP contribution in [0.4, 0.5) is 0 Å². The van der Waals surface area contributed by atoms with Crippen molar-refractivity contribution in [1.82, 2.24) is 9.47 Å². The Morgan fingerprint density at radius 3 is 1.96 bits per heavy atom. The molecule has 0 spiro atoms. The van der Waals surface area contributed by atoms with Crippen LogP contribution < -0.4 is 18.9 Å². The Labute approximate surface area is 258 Å². The number of carboxylic acid groups (broad SMARTS) is 3. The molecule has 0 radical (unpaired) electrons. The minimum Gasteiger partial charge on any atom is -0.481 e. The number of ether oxygens (including phenoxy) is 4. The predicted molar refractivity (Wildman–Crippen MR) is 157 cm³/mol. The van der Waals surface area contributed by atoms with E-state index in [4.69, 9.17) is 39.4 Å². The fraction of sp³-hybridized carbons (Fsp3) is 0.387. The third-order valence-corrected chi connectivity index (χ3v) is 7.20. The molecule has 1 atom stereocenters. The predicted octanol–water partition coefficient (Wildman–Crippen LogP) is 2.69.